The molecule has 26 heavy (non-hydrogen) atoms. The first-order valence-corrected chi connectivity index (χ1v) is 8.71. The fourth-order valence-electron chi connectivity index (χ4n) is 3.47. The molecule has 2 aromatic rings. The van der Waals surface area contributed by atoms with Crippen LogP contribution in [-0.2, 0) is 4.79 Å². The summed E-state index contributed by atoms with van der Waals surface area (Å²) in [5.41, 5.74) is 0.901. The van der Waals surface area contributed by atoms with Crippen molar-refractivity contribution in [3.05, 3.63) is 47.5 Å². The SMILES string of the molecule is CC(C)C(C(=O)C(c1ccc(O)cc1O)C(C)C)c1ccc(O)cc1O. The van der Waals surface area contributed by atoms with Crippen molar-refractivity contribution in [1.29, 1.82) is 0 Å². The average Bonchev–Trinajstić information content (AvgIpc) is 2.51. The van der Waals surface area contributed by atoms with Crippen LogP contribution in [0.25, 0.3) is 0 Å². The van der Waals surface area contributed by atoms with Crippen LogP contribution in [0.1, 0.15) is 50.7 Å². The lowest BCUT2D eigenvalue weighted by atomic mass is 9.74. The van der Waals surface area contributed by atoms with E-state index in [9.17, 15) is 25.2 Å². The topological polar surface area (TPSA) is 98.0 Å². The van der Waals surface area contributed by atoms with Gasteiger partial charge in [0.1, 0.15) is 28.8 Å². The summed E-state index contributed by atoms with van der Waals surface area (Å²) < 4.78 is 0. The Labute approximate surface area is 153 Å². The number of benzene rings is 2. The van der Waals surface area contributed by atoms with E-state index in [1.807, 2.05) is 27.7 Å². The van der Waals surface area contributed by atoms with Crippen molar-refractivity contribution in [2.45, 2.75) is 39.5 Å². The second-order valence-electron chi connectivity index (χ2n) is 7.33. The maximum atomic E-state index is 13.5. The second kappa shape index (κ2) is 7.68. The molecule has 0 radical (unpaired) electrons. The average molecular weight is 358 g/mol. The van der Waals surface area contributed by atoms with Crippen molar-refractivity contribution in [2.75, 3.05) is 0 Å². The van der Waals surface area contributed by atoms with Gasteiger partial charge in [-0.15, -0.1) is 0 Å². The summed E-state index contributed by atoms with van der Waals surface area (Å²) in [6.07, 6.45) is 0. The Morgan fingerprint density at radius 1 is 0.692 bits per heavy atom. The van der Waals surface area contributed by atoms with E-state index < -0.39 is 11.8 Å². The minimum absolute atomic E-state index is 0.0715. The minimum Gasteiger partial charge on any atom is -0.508 e. The summed E-state index contributed by atoms with van der Waals surface area (Å²) in [6.45, 7) is 7.57. The van der Waals surface area contributed by atoms with Crippen LogP contribution in [0.3, 0.4) is 0 Å². The molecule has 0 aliphatic carbocycles. The molecule has 2 aromatic carbocycles. The molecule has 0 aliphatic heterocycles. The molecule has 140 valence electrons. The molecule has 0 saturated carbocycles. The molecule has 5 nitrogen and oxygen atoms in total. The number of phenolic OH excluding ortho intramolecular Hbond substituents is 4. The fourth-order valence-corrected chi connectivity index (χ4v) is 3.47. The number of hydrogen-bond acceptors (Lipinski definition) is 5. The van der Waals surface area contributed by atoms with Crippen LogP contribution in [0.5, 0.6) is 23.0 Å². The van der Waals surface area contributed by atoms with Crippen molar-refractivity contribution >= 4 is 5.78 Å². The normalized spacial score (nSPS) is 13.8. The highest BCUT2D eigenvalue weighted by molar-refractivity contribution is 5.93. The van der Waals surface area contributed by atoms with Gasteiger partial charge in [-0.25, -0.2) is 0 Å². The Hall–Kier alpha value is -2.69. The minimum atomic E-state index is -0.601. The summed E-state index contributed by atoms with van der Waals surface area (Å²) in [5, 5.41) is 39.6. The molecule has 5 heteroatoms. The van der Waals surface area contributed by atoms with Crippen LogP contribution in [0.4, 0.5) is 0 Å². The predicted molar refractivity (Wildman–Crippen MR) is 99.7 cm³/mol. The molecular weight excluding hydrogens is 332 g/mol. The summed E-state index contributed by atoms with van der Waals surface area (Å²) in [5.74, 6) is -1.93. The van der Waals surface area contributed by atoms with Gasteiger partial charge in [-0.1, -0.05) is 39.8 Å². The maximum Gasteiger partial charge on any atom is 0.148 e. The zero-order chi connectivity index (χ0) is 19.6. The van der Waals surface area contributed by atoms with Crippen molar-refractivity contribution in [2.24, 2.45) is 11.8 Å². The predicted octanol–water partition coefficient (Wildman–Crippen LogP) is 4.26. The zero-order valence-corrected chi connectivity index (χ0v) is 15.5. The molecule has 4 N–H and O–H groups in total. The van der Waals surface area contributed by atoms with Crippen molar-refractivity contribution < 1.29 is 25.2 Å². The molecule has 0 saturated heterocycles. The number of ketones is 1. The van der Waals surface area contributed by atoms with Crippen LogP contribution in [0.15, 0.2) is 36.4 Å². The third kappa shape index (κ3) is 3.93. The molecule has 2 unspecified atom stereocenters. The zero-order valence-electron chi connectivity index (χ0n) is 15.5. The summed E-state index contributed by atoms with van der Waals surface area (Å²) in [6, 6.07) is 8.45. The van der Waals surface area contributed by atoms with Crippen LogP contribution < -0.4 is 0 Å². The first-order chi connectivity index (χ1) is 12.1. The Morgan fingerprint density at radius 3 is 1.31 bits per heavy atom. The number of carbonyl (C=O) groups is 1. The highest BCUT2D eigenvalue weighted by Gasteiger charge is 2.35. The highest BCUT2D eigenvalue weighted by atomic mass is 16.3. The summed E-state index contributed by atoms with van der Waals surface area (Å²) in [7, 11) is 0. The number of Topliss-reactive ketones (excluding diaryl/α,β-unsaturated/α-hetero) is 1. The highest BCUT2D eigenvalue weighted by Crippen LogP contribution is 2.42. The van der Waals surface area contributed by atoms with Gasteiger partial charge in [-0.05, 0) is 24.0 Å². The third-order valence-corrected chi connectivity index (χ3v) is 4.64. The molecule has 0 spiro atoms. The van der Waals surface area contributed by atoms with Gasteiger partial charge in [0.2, 0.25) is 0 Å². The first-order valence-electron chi connectivity index (χ1n) is 8.71. The third-order valence-electron chi connectivity index (χ3n) is 4.64. The Morgan fingerprint density at radius 2 is 1.04 bits per heavy atom. The van der Waals surface area contributed by atoms with E-state index in [4.69, 9.17) is 0 Å². The van der Waals surface area contributed by atoms with Gasteiger partial charge >= 0.3 is 0 Å². The van der Waals surface area contributed by atoms with Gasteiger partial charge < -0.3 is 20.4 Å². The number of phenols is 4. The first kappa shape index (κ1) is 19.6. The molecule has 0 amide bonds. The Kier molecular flexibility index (Phi) is 5.80. The van der Waals surface area contributed by atoms with Gasteiger partial charge in [0.25, 0.3) is 0 Å². The van der Waals surface area contributed by atoms with Crippen LogP contribution in [-0.4, -0.2) is 26.2 Å². The summed E-state index contributed by atoms with van der Waals surface area (Å²) >= 11 is 0. The number of hydrogen-bond donors (Lipinski definition) is 4. The van der Waals surface area contributed by atoms with E-state index >= 15 is 0 Å². The lowest BCUT2D eigenvalue weighted by Gasteiger charge is -2.29. The Balaban J connectivity index is 2.54. The van der Waals surface area contributed by atoms with Gasteiger partial charge in [0.15, 0.2) is 0 Å². The van der Waals surface area contributed by atoms with Gasteiger partial charge in [0.05, 0.1) is 0 Å². The standard InChI is InChI=1S/C21H26O5/c1-11(2)19(15-7-5-13(22)9-17(15)24)21(26)20(12(3)4)16-8-6-14(23)10-18(16)25/h5-12,19-20,22-25H,1-4H3. The van der Waals surface area contributed by atoms with Crippen LogP contribution in [0, 0.1) is 11.8 Å². The van der Waals surface area contributed by atoms with E-state index in [1.165, 1.54) is 24.3 Å². The Bertz CT molecular complexity index is 729. The van der Waals surface area contributed by atoms with E-state index in [1.54, 1.807) is 12.1 Å². The summed E-state index contributed by atoms with van der Waals surface area (Å²) in [4.78, 5) is 13.5. The largest absolute Gasteiger partial charge is 0.508 e. The van der Waals surface area contributed by atoms with E-state index in [2.05, 4.69) is 0 Å². The monoisotopic (exact) mass is 358 g/mol. The van der Waals surface area contributed by atoms with E-state index in [0.717, 1.165) is 0 Å². The van der Waals surface area contributed by atoms with Gasteiger partial charge in [-0.3, -0.25) is 4.79 Å². The molecule has 2 rings (SSSR count). The van der Waals surface area contributed by atoms with E-state index in [-0.39, 0.29) is 40.6 Å². The number of carbonyl (C=O) groups excluding carboxylic acids is 1. The maximum absolute atomic E-state index is 13.5. The van der Waals surface area contributed by atoms with E-state index in [0.29, 0.717) is 11.1 Å². The fraction of sp³-hybridized carbons (Fsp3) is 0.381. The van der Waals surface area contributed by atoms with Crippen molar-refractivity contribution in [3.8, 4) is 23.0 Å². The second-order valence-corrected chi connectivity index (χ2v) is 7.33. The quantitative estimate of drug-likeness (QED) is 0.618. The lowest BCUT2D eigenvalue weighted by molar-refractivity contribution is -0.123. The van der Waals surface area contributed by atoms with Gasteiger partial charge in [-0.2, -0.15) is 0 Å². The molecule has 0 fully saturated rings. The molecule has 0 aromatic heterocycles. The molecule has 0 bridgehead atoms. The lowest BCUT2D eigenvalue weighted by Crippen LogP contribution is -2.27. The molecular formula is C21H26O5. The molecule has 2 atom stereocenters. The smallest absolute Gasteiger partial charge is 0.148 e. The molecule has 0 heterocycles. The van der Waals surface area contributed by atoms with Crippen molar-refractivity contribution in [1.82, 2.24) is 0 Å². The van der Waals surface area contributed by atoms with Crippen LogP contribution in [0.2, 0.25) is 0 Å². The van der Waals surface area contributed by atoms with Crippen molar-refractivity contribution in [3.63, 3.8) is 0 Å². The van der Waals surface area contributed by atoms with Crippen LogP contribution >= 0.6 is 0 Å². The number of aromatic hydroxyl groups is 4. The van der Waals surface area contributed by atoms with Gasteiger partial charge in [0, 0.05) is 35.1 Å². The molecule has 0 aliphatic rings. The number of rotatable bonds is 6.